The van der Waals surface area contributed by atoms with E-state index in [4.69, 9.17) is 0 Å². The highest BCUT2D eigenvalue weighted by atomic mass is 16.2. The molecule has 4 aromatic rings. The van der Waals surface area contributed by atoms with Gasteiger partial charge in [-0.05, 0) is 0 Å². The third-order valence-electron chi connectivity index (χ3n) is 3.63. The van der Waals surface area contributed by atoms with Gasteiger partial charge >= 0.3 is 0 Å². The summed E-state index contributed by atoms with van der Waals surface area (Å²) in [5, 5.41) is 4.70. The maximum Gasteiger partial charge on any atom is 0.280 e. The molecule has 15 heteroatoms. The molecule has 0 spiro atoms. The van der Waals surface area contributed by atoms with Crippen LogP contribution in [-0.2, 0) is 9.59 Å². The Hall–Kier alpha value is -4.69. The third-order valence-corrected chi connectivity index (χ3v) is 3.63. The van der Waals surface area contributed by atoms with Crippen LogP contribution in [0.2, 0.25) is 0 Å². The van der Waals surface area contributed by atoms with Crippen LogP contribution in [0.25, 0.3) is 22.3 Å². The largest absolute Gasteiger partial charge is 0.339 e. The number of anilines is 2. The molecule has 0 saturated heterocycles. The lowest BCUT2D eigenvalue weighted by Gasteiger charge is -2.01. The molecule has 31 heavy (non-hydrogen) atoms. The van der Waals surface area contributed by atoms with Gasteiger partial charge in [0.15, 0.2) is 22.3 Å². The Labute approximate surface area is 171 Å². The Kier molecular flexibility index (Phi) is 5.67. The first-order chi connectivity index (χ1) is 14.7. The van der Waals surface area contributed by atoms with Gasteiger partial charge in [-0.25, -0.2) is 9.97 Å². The van der Waals surface area contributed by atoms with E-state index in [1.165, 1.54) is 33.4 Å². The van der Waals surface area contributed by atoms with Crippen LogP contribution in [0.1, 0.15) is 25.6 Å². The van der Waals surface area contributed by atoms with Gasteiger partial charge in [-0.2, -0.15) is 9.97 Å². The molecule has 15 nitrogen and oxygen atoms in total. The molecule has 160 valence electrons. The average molecular weight is 428 g/mol. The van der Waals surface area contributed by atoms with Crippen LogP contribution in [0.4, 0.5) is 11.9 Å². The van der Waals surface area contributed by atoms with Gasteiger partial charge in [0, 0.05) is 20.8 Å². The van der Waals surface area contributed by atoms with Crippen LogP contribution in [0.15, 0.2) is 22.2 Å². The van der Waals surface area contributed by atoms with Crippen molar-refractivity contribution < 1.29 is 14.4 Å². The van der Waals surface area contributed by atoms with Crippen LogP contribution in [0.5, 0.6) is 0 Å². The lowest BCUT2D eigenvalue weighted by atomic mass is 10.5. The van der Waals surface area contributed by atoms with Crippen molar-refractivity contribution in [3.8, 4) is 0 Å². The Bertz CT molecular complexity index is 1430. The van der Waals surface area contributed by atoms with E-state index in [0.29, 0.717) is 5.52 Å². The number of nitrogens with zero attached hydrogens (tertiary/aromatic N) is 5. The Morgan fingerprint density at radius 1 is 0.903 bits per heavy atom. The molecule has 0 aliphatic rings. The minimum atomic E-state index is -0.515. The van der Waals surface area contributed by atoms with Gasteiger partial charge < -0.3 is 4.98 Å². The second kappa shape index (κ2) is 8.36. The molecule has 4 heterocycles. The van der Waals surface area contributed by atoms with E-state index in [2.05, 4.69) is 45.5 Å². The number of aromatic nitrogens is 8. The number of amides is 2. The zero-order valence-corrected chi connectivity index (χ0v) is 16.4. The molecule has 0 unspecified atom stereocenters. The van der Waals surface area contributed by atoms with Crippen molar-refractivity contribution >= 4 is 51.9 Å². The van der Waals surface area contributed by atoms with Crippen molar-refractivity contribution in [3.63, 3.8) is 0 Å². The predicted octanol–water partition coefficient (Wildman–Crippen LogP) is -0.657. The topological polar surface area (TPSA) is 213 Å². The van der Waals surface area contributed by atoms with Gasteiger partial charge in [0.05, 0.1) is 6.33 Å². The number of H-pyrrole nitrogens is 3. The van der Waals surface area contributed by atoms with Crippen molar-refractivity contribution in [2.24, 2.45) is 0 Å². The molecule has 0 bridgehead atoms. The number of rotatable bonds is 2. The Morgan fingerprint density at radius 2 is 1.52 bits per heavy atom. The summed E-state index contributed by atoms with van der Waals surface area (Å²) in [6, 6.07) is 0. The van der Waals surface area contributed by atoms with Gasteiger partial charge in [0.1, 0.15) is 6.33 Å². The summed E-state index contributed by atoms with van der Waals surface area (Å²) >= 11 is 0. The minimum absolute atomic E-state index is 0.0157. The average Bonchev–Trinajstić information content (AvgIpc) is 3.28. The Balaban J connectivity index is 0.000000179. The molecule has 0 radical (unpaired) electrons. The fourth-order valence-corrected chi connectivity index (χ4v) is 2.43. The predicted molar refractivity (Wildman–Crippen MR) is 108 cm³/mol. The zero-order valence-electron chi connectivity index (χ0n) is 16.4. The monoisotopic (exact) mass is 428 g/mol. The fourth-order valence-electron chi connectivity index (χ4n) is 2.43. The number of fused-ring (bicyclic) bond motifs is 2. The molecule has 0 saturated carbocycles. The first-order valence-electron chi connectivity index (χ1n) is 8.62. The van der Waals surface area contributed by atoms with Gasteiger partial charge in [0.25, 0.3) is 11.1 Å². The summed E-state index contributed by atoms with van der Waals surface area (Å²) < 4.78 is 1.13. The highest BCUT2D eigenvalue weighted by Crippen LogP contribution is 2.07. The van der Waals surface area contributed by atoms with Crippen LogP contribution in [0, 0.1) is 0 Å². The van der Waals surface area contributed by atoms with Crippen LogP contribution in [0.3, 0.4) is 0 Å². The van der Waals surface area contributed by atoms with E-state index in [1.54, 1.807) is 0 Å². The van der Waals surface area contributed by atoms with Crippen molar-refractivity contribution in [1.82, 2.24) is 39.5 Å². The molecule has 0 aliphatic heterocycles. The number of aromatic amines is 3. The maximum atomic E-state index is 11.6. The summed E-state index contributed by atoms with van der Waals surface area (Å²) in [5.74, 6) is -0.913. The van der Waals surface area contributed by atoms with E-state index in [9.17, 15) is 24.0 Å². The standard InChI is InChI=1S/C9H9N5O3.C7H7N5O2/c1-4(15)11-9-12-7-6(8(17)13-9)10-3-14(7)5(2)16;1-3(13)10-7-11-5-4(6(14)12-7)8-2-9-5/h3H,1-2H3,(H2,11,12,13,15,17);2H,1H3,(H3,8,9,10,11,12,13,14). The quantitative estimate of drug-likeness (QED) is 0.274. The molecular weight excluding hydrogens is 412 g/mol. The van der Waals surface area contributed by atoms with E-state index < -0.39 is 5.56 Å². The molecular formula is C16H16N10O5. The minimum Gasteiger partial charge on any atom is -0.339 e. The molecule has 0 atom stereocenters. The SMILES string of the molecule is CC(=O)Nc1nc2c(ncn2C(C)=O)c(=O)[nH]1.CC(=O)Nc1nc2nc[nH]c2c(=O)[nH]1. The number of carbonyl (C=O) groups excluding carboxylic acids is 3. The zero-order chi connectivity index (χ0) is 22.7. The first kappa shape index (κ1) is 21.0. The second-order valence-electron chi connectivity index (χ2n) is 6.10. The normalized spacial score (nSPS) is 10.4. The highest BCUT2D eigenvalue weighted by molar-refractivity contribution is 5.90. The van der Waals surface area contributed by atoms with E-state index in [0.717, 1.165) is 4.57 Å². The van der Waals surface area contributed by atoms with Crippen LogP contribution in [-0.4, -0.2) is 57.2 Å². The van der Waals surface area contributed by atoms with E-state index >= 15 is 0 Å². The van der Waals surface area contributed by atoms with E-state index in [1.807, 2.05) is 0 Å². The number of hydrogen-bond acceptors (Lipinski definition) is 9. The Morgan fingerprint density at radius 3 is 2.13 bits per heavy atom. The lowest BCUT2D eigenvalue weighted by molar-refractivity contribution is -0.115. The van der Waals surface area contributed by atoms with Crippen LogP contribution < -0.4 is 21.8 Å². The molecule has 0 aromatic carbocycles. The van der Waals surface area contributed by atoms with Gasteiger partial charge in [-0.1, -0.05) is 0 Å². The molecule has 4 rings (SSSR count). The van der Waals surface area contributed by atoms with E-state index in [-0.39, 0.29) is 52.0 Å². The molecule has 2 amide bonds. The van der Waals surface area contributed by atoms with Crippen molar-refractivity contribution in [2.75, 3.05) is 10.6 Å². The van der Waals surface area contributed by atoms with Crippen molar-refractivity contribution in [2.45, 2.75) is 20.8 Å². The van der Waals surface area contributed by atoms with Gasteiger partial charge in [0.2, 0.25) is 29.6 Å². The maximum absolute atomic E-state index is 11.6. The lowest BCUT2D eigenvalue weighted by Crippen LogP contribution is -2.17. The number of nitrogens with one attached hydrogen (secondary N) is 5. The fraction of sp³-hybridized carbons (Fsp3) is 0.188. The summed E-state index contributed by atoms with van der Waals surface area (Å²) in [7, 11) is 0. The number of hydrogen-bond donors (Lipinski definition) is 5. The summed E-state index contributed by atoms with van der Waals surface area (Å²) in [5.41, 5.74) is -0.147. The van der Waals surface area contributed by atoms with Crippen molar-refractivity contribution in [1.29, 1.82) is 0 Å². The summed E-state index contributed by atoms with van der Waals surface area (Å²) in [6.45, 7) is 3.93. The molecule has 4 aromatic heterocycles. The number of imidazole rings is 2. The van der Waals surface area contributed by atoms with Gasteiger partial charge in [-0.3, -0.25) is 49.1 Å². The molecule has 5 N–H and O–H groups in total. The summed E-state index contributed by atoms with van der Waals surface area (Å²) in [6.07, 6.45) is 2.58. The first-order valence-corrected chi connectivity index (χ1v) is 8.62. The van der Waals surface area contributed by atoms with Crippen molar-refractivity contribution in [3.05, 3.63) is 33.4 Å². The second-order valence-corrected chi connectivity index (χ2v) is 6.10. The summed E-state index contributed by atoms with van der Waals surface area (Å²) in [4.78, 5) is 78.5. The smallest absolute Gasteiger partial charge is 0.280 e. The molecule has 0 aliphatic carbocycles. The van der Waals surface area contributed by atoms with Crippen LogP contribution >= 0.6 is 0 Å². The third kappa shape index (κ3) is 4.66. The molecule has 0 fully saturated rings. The number of carbonyl (C=O) groups is 3. The van der Waals surface area contributed by atoms with Gasteiger partial charge in [-0.15, -0.1) is 0 Å². The highest BCUT2D eigenvalue weighted by Gasteiger charge is 2.12.